The molecule has 0 heterocycles. The Labute approximate surface area is 156 Å². The highest BCUT2D eigenvalue weighted by Crippen LogP contribution is 2.21. The molecule has 0 aliphatic heterocycles. The van der Waals surface area contributed by atoms with Gasteiger partial charge in [0.2, 0.25) is 0 Å². The lowest BCUT2D eigenvalue weighted by Gasteiger charge is -2.24. The summed E-state index contributed by atoms with van der Waals surface area (Å²) in [5.41, 5.74) is 9.96. The number of hydrogen-bond acceptors (Lipinski definition) is 5. The third kappa shape index (κ3) is 7.03. The predicted molar refractivity (Wildman–Crippen MR) is 106 cm³/mol. The van der Waals surface area contributed by atoms with Crippen LogP contribution in [0.1, 0.15) is 18.1 Å². The van der Waals surface area contributed by atoms with E-state index in [0.717, 1.165) is 30.9 Å². The minimum absolute atomic E-state index is 0.0666. The highest BCUT2D eigenvalue weighted by molar-refractivity contribution is 7.85. The number of anilines is 2. The molecule has 2 aromatic carbocycles. The van der Waals surface area contributed by atoms with Crippen LogP contribution < -0.4 is 10.6 Å². The van der Waals surface area contributed by atoms with Crippen LogP contribution >= 0.6 is 0 Å². The van der Waals surface area contributed by atoms with Gasteiger partial charge in [0.15, 0.2) is 0 Å². The van der Waals surface area contributed by atoms with Crippen molar-refractivity contribution in [3.8, 4) is 0 Å². The van der Waals surface area contributed by atoms with Crippen LogP contribution in [0, 0.1) is 13.8 Å². The fraction of sp³-hybridized carbons (Fsp3) is 0.368. The molecule has 0 saturated heterocycles. The summed E-state index contributed by atoms with van der Waals surface area (Å²) in [5, 5.41) is 0. The number of likely N-dealkylation sites (N-methyl/N-ethyl adjacent to an activating group) is 1. The zero-order valence-electron chi connectivity index (χ0n) is 15.8. The summed E-state index contributed by atoms with van der Waals surface area (Å²) in [6.07, 6.45) is 0. The van der Waals surface area contributed by atoms with Crippen LogP contribution in [0.4, 0.5) is 11.4 Å². The average Bonchev–Trinajstić information content (AvgIpc) is 2.57. The highest BCUT2D eigenvalue weighted by Gasteiger charge is 2.07. The van der Waals surface area contributed by atoms with Crippen LogP contribution in [-0.2, 0) is 14.9 Å². The second kappa shape index (κ2) is 10.2. The second-order valence-corrected chi connectivity index (χ2v) is 7.33. The zero-order valence-corrected chi connectivity index (χ0v) is 16.6. The van der Waals surface area contributed by atoms with E-state index in [1.54, 1.807) is 19.2 Å². The van der Waals surface area contributed by atoms with Gasteiger partial charge < -0.3 is 15.4 Å². The van der Waals surface area contributed by atoms with Gasteiger partial charge in [0, 0.05) is 31.6 Å². The van der Waals surface area contributed by atoms with Gasteiger partial charge in [0.1, 0.15) is 0 Å². The van der Waals surface area contributed by atoms with Crippen molar-refractivity contribution in [3.63, 3.8) is 0 Å². The molecular formula is C19H28N2O4S. The molecule has 0 spiro atoms. The van der Waals surface area contributed by atoms with Crippen molar-refractivity contribution in [3.05, 3.63) is 53.6 Å². The summed E-state index contributed by atoms with van der Waals surface area (Å²) < 4.78 is 34.6. The molecule has 0 fully saturated rings. The van der Waals surface area contributed by atoms with Crippen LogP contribution in [0.15, 0.2) is 47.4 Å². The molecule has 0 atom stereocenters. The molecule has 2 aromatic rings. The zero-order chi connectivity index (χ0) is 19.7. The Bertz CT molecular complexity index is 790. The number of nitrogens with zero attached hydrogens (tertiary/aromatic N) is 1. The fourth-order valence-electron chi connectivity index (χ4n) is 2.39. The van der Waals surface area contributed by atoms with E-state index in [4.69, 9.17) is 15.0 Å². The first-order chi connectivity index (χ1) is 12.2. The van der Waals surface area contributed by atoms with E-state index in [0.29, 0.717) is 0 Å². The number of aryl methyl sites for hydroxylation is 2. The smallest absolute Gasteiger partial charge is 0.294 e. The Morgan fingerprint density at radius 3 is 2.19 bits per heavy atom. The summed E-state index contributed by atoms with van der Waals surface area (Å²) in [7, 11) is -2.29. The molecule has 0 aliphatic rings. The summed E-state index contributed by atoms with van der Waals surface area (Å²) in [6.45, 7) is 8.71. The van der Waals surface area contributed by atoms with E-state index in [1.165, 1.54) is 23.4 Å². The number of nitrogen functional groups attached to an aromatic ring is 1. The van der Waals surface area contributed by atoms with Gasteiger partial charge in [-0.1, -0.05) is 17.7 Å². The first-order valence-electron chi connectivity index (χ1n) is 8.33. The standard InChI is InChI=1S/C12H20N2O.C7H8O3S/c1-4-14(7-8-15-3)12-6-5-11(13)9-10(12)2;1-6-2-4-7(5-3-6)11(8,9)10/h5-6,9H,4,7-8,13H2,1-3H3;2-5H,1H3,(H,8,9,10). The monoisotopic (exact) mass is 380 g/mol. The summed E-state index contributed by atoms with van der Waals surface area (Å²) in [6, 6.07) is 12.0. The molecule has 0 aromatic heterocycles. The minimum Gasteiger partial charge on any atom is -0.399 e. The third-order valence-corrected chi connectivity index (χ3v) is 4.70. The molecule has 0 saturated carbocycles. The van der Waals surface area contributed by atoms with Gasteiger partial charge >= 0.3 is 0 Å². The number of benzene rings is 2. The molecule has 0 unspecified atom stereocenters. The van der Waals surface area contributed by atoms with Crippen molar-refractivity contribution < 1.29 is 17.7 Å². The SMILES string of the molecule is CCN(CCOC)c1ccc(N)cc1C.Cc1ccc(S(=O)(=O)O)cc1. The molecule has 2 rings (SSSR count). The largest absolute Gasteiger partial charge is 0.399 e. The quantitative estimate of drug-likeness (QED) is 0.590. The number of ether oxygens (including phenoxy) is 1. The van der Waals surface area contributed by atoms with Gasteiger partial charge in [-0.3, -0.25) is 4.55 Å². The molecule has 0 amide bonds. The maximum absolute atomic E-state index is 10.5. The Hall–Kier alpha value is -2.09. The van der Waals surface area contributed by atoms with Gasteiger partial charge in [-0.25, -0.2) is 0 Å². The summed E-state index contributed by atoms with van der Waals surface area (Å²) in [5.74, 6) is 0. The lowest BCUT2D eigenvalue weighted by atomic mass is 10.1. The molecule has 6 nitrogen and oxygen atoms in total. The molecular weight excluding hydrogens is 352 g/mol. The maximum Gasteiger partial charge on any atom is 0.294 e. The van der Waals surface area contributed by atoms with Gasteiger partial charge in [-0.15, -0.1) is 0 Å². The van der Waals surface area contributed by atoms with E-state index < -0.39 is 10.1 Å². The van der Waals surface area contributed by atoms with Gasteiger partial charge in [0.05, 0.1) is 11.5 Å². The van der Waals surface area contributed by atoms with Crippen LogP contribution in [0.3, 0.4) is 0 Å². The first-order valence-corrected chi connectivity index (χ1v) is 9.77. The van der Waals surface area contributed by atoms with Crippen LogP contribution in [-0.4, -0.2) is 39.8 Å². The fourth-order valence-corrected chi connectivity index (χ4v) is 2.87. The van der Waals surface area contributed by atoms with Crippen molar-refractivity contribution in [2.24, 2.45) is 0 Å². The predicted octanol–water partition coefficient (Wildman–Crippen LogP) is 3.29. The molecule has 0 bridgehead atoms. The second-order valence-electron chi connectivity index (χ2n) is 5.91. The van der Waals surface area contributed by atoms with Gasteiger partial charge in [-0.2, -0.15) is 8.42 Å². The molecule has 144 valence electrons. The summed E-state index contributed by atoms with van der Waals surface area (Å²) >= 11 is 0. The highest BCUT2D eigenvalue weighted by atomic mass is 32.2. The van der Waals surface area contributed by atoms with E-state index in [2.05, 4.69) is 24.8 Å². The number of nitrogens with two attached hydrogens (primary N) is 1. The Balaban J connectivity index is 0.000000273. The first kappa shape index (κ1) is 22.0. The Morgan fingerprint density at radius 2 is 1.73 bits per heavy atom. The van der Waals surface area contributed by atoms with Gasteiger partial charge in [0.25, 0.3) is 10.1 Å². The minimum atomic E-state index is -4.02. The van der Waals surface area contributed by atoms with Crippen molar-refractivity contribution in [1.29, 1.82) is 0 Å². The van der Waals surface area contributed by atoms with E-state index in [-0.39, 0.29) is 4.90 Å². The van der Waals surface area contributed by atoms with Crippen molar-refractivity contribution in [1.82, 2.24) is 0 Å². The lowest BCUT2D eigenvalue weighted by Crippen LogP contribution is -2.27. The van der Waals surface area contributed by atoms with Gasteiger partial charge in [-0.05, 0) is 56.7 Å². The van der Waals surface area contributed by atoms with Crippen molar-refractivity contribution >= 4 is 21.5 Å². The number of methoxy groups -OCH3 is 1. The molecule has 3 N–H and O–H groups in total. The van der Waals surface area contributed by atoms with Crippen LogP contribution in [0.5, 0.6) is 0 Å². The Morgan fingerprint density at radius 1 is 1.12 bits per heavy atom. The Kier molecular flexibility index (Phi) is 8.57. The van der Waals surface area contributed by atoms with Crippen molar-refractivity contribution in [2.45, 2.75) is 25.7 Å². The van der Waals surface area contributed by atoms with Crippen molar-refractivity contribution in [2.75, 3.05) is 37.4 Å². The molecule has 0 aliphatic carbocycles. The van der Waals surface area contributed by atoms with E-state index >= 15 is 0 Å². The number of hydrogen-bond donors (Lipinski definition) is 2. The normalized spacial score (nSPS) is 10.8. The summed E-state index contributed by atoms with van der Waals surface area (Å²) in [4.78, 5) is 2.22. The lowest BCUT2D eigenvalue weighted by molar-refractivity contribution is 0.205. The molecule has 7 heteroatoms. The van der Waals surface area contributed by atoms with Crippen LogP contribution in [0.2, 0.25) is 0 Å². The molecule has 0 radical (unpaired) electrons. The maximum atomic E-state index is 10.5. The van der Waals surface area contributed by atoms with E-state index in [9.17, 15) is 8.42 Å². The third-order valence-electron chi connectivity index (χ3n) is 3.83. The molecule has 26 heavy (non-hydrogen) atoms. The number of rotatable bonds is 6. The topological polar surface area (TPSA) is 92.9 Å². The van der Waals surface area contributed by atoms with E-state index in [1.807, 2.05) is 19.1 Å². The average molecular weight is 381 g/mol. The van der Waals surface area contributed by atoms with Crippen LogP contribution in [0.25, 0.3) is 0 Å².